The summed E-state index contributed by atoms with van der Waals surface area (Å²) in [6.07, 6.45) is 6.23. The molecule has 2 aromatic rings. The lowest BCUT2D eigenvalue weighted by atomic mass is 10.0. The van der Waals surface area contributed by atoms with Crippen molar-refractivity contribution in [1.82, 2.24) is 0 Å². The number of aryl methyl sites for hydroxylation is 1. The Labute approximate surface area is 190 Å². The monoisotopic (exact) mass is 442 g/mol. The lowest BCUT2D eigenvalue weighted by molar-refractivity contribution is -0.137. The summed E-state index contributed by atoms with van der Waals surface area (Å²) in [4.78, 5) is 10.7. The van der Waals surface area contributed by atoms with Crippen LogP contribution in [0.3, 0.4) is 0 Å². The number of carbonyl (C=O) groups is 1. The van der Waals surface area contributed by atoms with Crippen LogP contribution in [-0.2, 0) is 25.4 Å². The van der Waals surface area contributed by atoms with E-state index in [2.05, 4.69) is 18.2 Å². The quantitative estimate of drug-likeness (QED) is 0.216. The molecule has 0 fully saturated rings. The number of benzene rings is 2. The van der Waals surface area contributed by atoms with Gasteiger partial charge in [0, 0.05) is 32.3 Å². The molecular weight excluding hydrogens is 408 g/mol. The first-order valence-corrected chi connectivity index (χ1v) is 11.0. The van der Waals surface area contributed by atoms with Crippen molar-refractivity contribution < 1.29 is 28.8 Å². The molecule has 2 aromatic carbocycles. The molecule has 1 N–H and O–H groups in total. The van der Waals surface area contributed by atoms with Crippen LogP contribution >= 0.6 is 0 Å². The van der Waals surface area contributed by atoms with Crippen molar-refractivity contribution >= 4 is 18.1 Å². The Morgan fingerprint density at radius 3 is 2.56 bits per heavy atom. The number of carboxylic acids is 1. The van der Waals surface area contributed by atoms with Gasteiger partial charge in [-0.15, -0.1) is 0 Å². The second kappa shape index (κ2) is 14.4. The van der Waals surface area contributed by atoms with Crippen LogP contribution in [0.15, 0.2) is 42.5 Å². The smallest absolute Gasteiger partial charge is 0.303 e. The van der Waals surface area contributed by atoms with E-state index in [0.717, 1.165) is 29.5 Å². The summed E-state index contributed by atoms with van der Waals surface area (Å²) in [5.41, 5.74) is 4.11. The van der Waals surface area contributed by atoms with Gasteiger partial charge in [0.25, 0.3) is 0 Å². The Balaban J connectivity index is 2.16. The second-order valence-corrected chi connectivity index (χ2v) is 7.29. The van der Waals surface area contributed by atoms with E-state index < -0.39 is 12.3 Å². The van der Waals surface area contributed by atoms with Gasteiger partial charge in [-0.2, -0.15) is 0 Å². The number of unbranched alkanes of at least 4 members (excludes halogenated alkanes) is 1. The van der Waals surface area contributed by atoms with Crippen molar-refractivity contribution in [3.8, 4) is 5.75 Å². The summed E-state index contributed by atoms with van der Waals surface area (Å²) >= 11 is 0. The van der Waals surface area contributed by atoms with E-state index in [1.54, 1.807) is 7.11 Å². The van der Waals surface area contributed by atoms with Gasteiger partial charge in [0.05, 0.1) is 0 Å². The van der Waals surface area contributed by atoms with Crippen molar-refractivity contribution in [3.05, 3.63) is 64.7 Å². The van der Waals surface area contributed by atoms with Crippen LogP contribution in [0.1, 0.15) is 61.7 Å². The van der Waals surface area contributed by atoms with Gasteiger partial charge in [-0.1, -0.05) is 36.4 Å². The maximum atomic E-state index is 10.7. The fourth-order valence-corrected chi connectivity index (χ4v) is 3.26. The molecule has 0 aromatic heterocycles. The summed E-state index contributed by atoms with van der Waals surface area (Å²) in [6, 6.07) is 14.1. The number of aliphatic carboxylic acids is 1. The van der Waals surface area contributed by atoms with Gasteiger partial charge in [-0.25, -0.2) is 0 Å². The second-order valence-electron chi connectivity index (χ2n) is 7.29. The van der Waals surface area contributed by atoms with Crippen molar-refractivity contribution in [2.24, 2.45) is 0 Å². The zero-order valence-corrected chi connectivity index (χ0v) is 19.2. The normalized spacial score (nSPS) is 12.2. The van der Waals surface area contributed by atoms with Crippen LogP contribution in [0.2, 0.25) is 0 Å². The molecule has 2 rings (SSSR count). The van der Waals surface area contributed by atoms with Crippen molar-refractivity contribution in [3.63, 3.8) is 0 Å². The largest absolute Gasteiger partial charge is 0.481 e. The van der Waals surface area contributed by atoms with Gasteiger partial charge >= 0.3 is 5.97 Å². The van der Waals surface area contributed by atoms with Crippen molar-refractivity contribution in [1.29, 1.82) is 0 Å². The van der Waals surface area contributed by atoms with Crippen LogP contribution in [0.5, 0.6) is 5.75 Å². The van der Waals surface area contributed by atoms with Gasteiger partial charge in [0.2, 0.25) is 0 Å². The molecule has 174 valence electrons. The summed E-state index contributed by atoms with van der Waals surface area (Å²) in [7, 11) is 1.62. The summed E-state index contributed by atoms with van der Waals surface area (Å²) in [5.74, 6) is -0.0573. The van der Waals surface area contributed by atoms with Crippen LogP contribution in [0, 0.1) is 0 Å². The minimum absolute atomic E-state index is 0.180. The van der Waals surface area contributed by atoms with Crippen LogP contribution < -0.4 is 4.74 Å². The number of rotatable bonds is 15. The summed E-state index contributed by atoms with van der Waals surface area (Å²) in [6.45, 7) is 5.15. The van der Waals surface area contributed by atoms with E-state index in [-0.39, 0.29) is 13.2 Å². The molecule has 1 unspecified atom stereocenters. The lowest BCUT2D eigenvalue weighted by Gasteiger charge is -2.17. The average molecular weight is 443 g/mol. The fourth-order valence-electron chi connectivity index (χ4n) is 3.26. The molecule has 0 aliphatic rings. The molecule has 0 aliphatic carbocycles. The highest BCUT2D eigenvalue weighted by atomic mass is 16.7. The van der Waals surface area contributed by atoms with Crippen LogP contribution in [-0.4, -0.2) is 38.2 Å². The van der Waals surface area contributed by atoms with Gasteiger partial charge < -0.3 is 24.1 Å². The van der Waals surface area contributed by atoms with E-state index in [1.807, 2.05) is 50.3 Å². The van der Waals surface area contributed by atoms with E-state index >= 15 is 0 Å². The molecule has 0 heterocycles. The van der Waals surface area contributed by atoms with E-state index in [1.165, 1.54) is 5.56 Å². The third kappa shape index (κ3) is 9.22. The van der Waals surface area contributed by atoms with E-state index in [4.69, 9.17) is 24.1 Å². The highest BCUT2D eigenvalue weighted by molar-refractivity contribution is 5.71. The molecule has 0 saturated carbocycles. The first kappa shape index (κ1) is 25.6. The maximum absolute atomic E-state index is 10.7. The number of hydrogen-bond donors (Lipinski definition) is 1. The highest BCUT2D eigenvalue weighted by Gasteiger charge is 2.12. The predicted molar refractivity (Wildman–Crippen MR) is 125 cm³/mol. The summed E-state index contributed by atoms with van der Waals surface area (Å²) < 4.78 is 22.2. The molecule has 0 spiro atoms. The van der Waals surface area contributed by atoms with Crippen molar-refractivity contribution in [2.75, 3.05) is 27.1 Å². The fraction of sp³-hybridized carbons (Fsp3) is 0.423. The molecule has 0 radical (unpaired) electrons. The van der Waals surface area contributed by atoms with Crippen LogP contribution in [0.25, 0.3) is 12.2 Å². The Bertz CT molecular complexity index is 861. The van der Waals surface area contributed by atoms with E-state index in [0.29, 0.717) is 25.4 Å². The zero-order chi connectivity index (χ0) is 23.2. The van der Waals surface area contributed by atoms with E-state index in [9.17, 15) is 4.79 Å². The van der Waals surface area contributed by atoms with Gasteiger partial charge in [-0.3, -0.25) is 4.79 Å². The van der Waals surface area contributed by atoms with Gasteiger partial charge in [0.1, 0.15) is 5.75 Å². The summed E-state index contributed by atoms with van der Waals surface area (Å²) in [5, 5.41) is 8.77. The Morgan fingerprint density at radius 2 is 1.84 bits per heavy atom. The third-order valence-corrected chi connectivity index (χ3v) is 4.79. The van der Waals surface area contributed by atoms with Crippen LogP contribution in [0.4, 0.5) is 0 Å². The highest BCUT2D eigenvalue weighted by Crippen LogP contribution is 2.26. The Morgan fingerprint density at radius 1 is 1.03 bits per heavy atom. The Hall–Kier alpha value is -2.67. The molecule has 32 heavy (non-hydrogen) atoms. The Kier molecular flexibility index (Phi) is 11.5. The molecule has 6 nitrogen and oxygen atoms in total. The lowest BCUT2D eigenvalue weighted by Crippen LogP contribution is -2.08. The number of hydrogen-bond acceptors (Lipinski definition) is 5. The third-order valence-electron chi connectivity index (χ3n) is 4.79. The first-order valence-electron chi connectivity index (χ1n) is 11.0. The maximum Gasteiger partial charge on any atom is 0.303 e. The molecule has 0 amide bonds. The average Bonchev–Trinajstić information content (AvgIpc) is 2.79. The molecular formula is C26H34O6. The van der Waals surface area contributed by atoms with Gasteiger partial charge in [-0.05, 0) is 68.0 Å². The standard InChI is InChI=1S/C26H34O6/c1-4-30-19-32-24-17-22(16-23(18-24)26(29-3)31-5-2)14-13-21-11-8-10-20(15-21)9-6-7-12-25(27)28/h8,10-11,13-18,26H,4-7,9,12,19H2,1-3H3,(H,27,28). The molecule has 0 saturated heterocycles. The number of methoxy groups -OCH3 is 1. The SMILES string of the molecule is CCOCOc1cc(C=Cc2cccc(CCCCC(=O)O)c2)cc(C(OC)OCC)c1. The molecule has 0 bridgehead atoms. The number of carboxylic acid groups (broad SMARTS) is 1. The first-order chi connectivity index (χ1) is 15.5. The minimum atomic E-state index is -0.742. The molecule has 6 heteroatoms. The topological polar surface area (TPSA) is 74.2 Å². The minimum Gasteiger partial charge on any atom is -0.481 e. The van der Waals surface area contributed by atoms with Crippen molar-refractivity contribution in [2.45, 2.75) is 45.8 Å². The predicted octanol–water partition coefficient (Wildman–Crippen LogP) is 5.71. The number of ether oxygens (including phenoxy) is 4. The zero-order valence-electron chi connectivity index (χ0n) is 19.2. The molecule has 0 aliphatic heterocycles. The van der Waals surface area contributed by atoms with Gasteiger partial charge in [0.15, 0.2) is 13.1 Å². The molecule has 1 atom stereocenters.